The molecule has 3 rings (SSSR count). The molecule has 0 aliphatic carbocycles. The maximum absolute atomic E-state index is 12.8. The van der Waals surface area contributed by atoms with Gasteiger partial charge in [-0.05, 0) is 31.5 Å². The molecule has 20 heavy (non-hydrogen) atoms. The Morgan fingerprint density at radius 3 is 2.90 bits per heavy atom. The molecule has 1 atom stereocenters. The first-order valence-corrected chi connectivity index (χ1v) is 7.66. The van der Waals surface area contributed by atoms with Crippen LogP contribution in [0, 0.1) is 6.92 Å². The summed E-state index contributed by atoms with van der Waals surface area (Å²) in [6, 6.07) is 9.87. The monoisotopic (exact) mass is 287 g/mol. The first-order chi connectivity index (χ1) is 9.66. The molecule has 1 aliphatic rings. The number of carbonyl (C=O) groups is 1. The van der Waals surface area contributed by atoms with Gasteiger partial charge in [0.2, 0.25) is 0 Å². The normalized spacial score (nSPS) is 18.5. The molecule has 1 aromatic carbocycles. The second-order valence-electron chi connectivity index (χ2n) is 5.03. The van der Waals surface area contributed by atoms with Crippen molar-refractivity contribution in [2.45, 2.75) is 30.4 Å². The average molecular weight is 287 g/mol. The molecule has 1 amide bonds. The summed E-state index contributed by atoms with van der Waals surface area (Å²) in [5, 5.41) is 0.513. The van der Waals surface area contributed by atoms with Gasteiger partial charge in [-0.1, -0.05) is 19.1 Å². The summed E-state index contributed by atoms with van der Waals surface area (Å²) in [7, 11) is 0. The summed E-state index contributed by atoms with van der Waals surface area (Å²) < 4.78 is 5.26. The summed E-state index contributed by atoms with van der Waals surface area (Å²) in [6.45, 7) is 4.78. The van der Waals surface area contributed by atoms with E-state index in [0.29, 0.717) is 16.6 Å². The minimum Gasteiger partial charge on any atom is -0.469 e. The molecule has 0 saturated heterocycles. The Bertz CT molecular complexity index is 635. The largest absolute Gasteiger partial charge is 0.469 e. The van der Waals surface area contributed by atoms with Gasteiger partial charge in [-0.3, -0.25) is 4.79 Å². The van der Waals surface area contributed by atoms with Gasteiger partial charge in [0.05, 0.1) is 17.5 Å². The molecular formula is C16H17NO2S. The lowest BCUT2D eigenvalue weighted by atomic mass is 10.2. The zero-order valence-corrected chi connectivity index (χ0v) is 12.4. The zero-order chi connectivity index (χ0) is 14.1. The third kappa shape index (κ3) is 2.36. The van der Waals surface area contributed by atoms with Crippen LogP contribution in [-0.4, -0.2) is 17.7 Å². The van der Waals surface area contributed by atoms with Gasteiger partial charge >= 0.3 is 0 Å². The van der Waals surface area contributed by atoms with Crippen LogP contribution in [0.1, 0.15) is 29.5 Å². The fourth-order valence-electron chi connectivity index (χ4n) is 2.45. The van der Waals surface area contributed by atoms with Crippen molar-refractivity contribution in [1.29, 1.82) is 0 Å². The van der Waals surface area contributed by atoms with Gasteiger partial charge < -0.3 is 9.32 Å². The van der Waals surface area contributed by atoms with Crippen LogP contribution in [0.2, 0.25) is 0 Å². The zero-order valence-electron chi connectivity index (χ0n) is 11.6. The third-order valence-corrected chi connectivity index (χ3v) is 4.82. The van der Waals surface area contributed by atoms with Crippen LogP contribution in [0.15, 0.2) is 45.9 Å². The SMILES string of the molecule is Cc1occc1C(=O)N1CCC(C)Sc2ccccc21. The second kappa shape index (κ2) is 5.37. The Balaban J connectivity index is 2.01. The van der Waals surface area contributed by atoms with Crippen LogP contribution >= 0.6 is 11.8 Å². The number of hydrogen-bond donors (Lipinski definition) is 0. The van der Waals surface area contributed by atoms with Gasteiger partial charge in [-0.25, -0.2) is 0 Å². The number of hydrogen-bond acceptors (Lipinski definition) is 3. The number of fused-ring (bicyclic) bond motifs is 1. The number of nitrogens with zero attached hydrogens (tertiary/aromatic N) is 1. The number of benzene rings is 1. The molecule has 0 fully saturated rings. The molecule has 4 heteroatoms. The van der Waals surface area contributed by atoms with E-state index >= 15 is 0 Å². The highest BCUT2D eigenvalue weighted by Crippen LogP contribution is 2.37. The Morgan fingerprint density at radius 2 is 2.15 bits per heavy atom. The van der Waals surface area contributed by atoms with Crippen LogP contribution in [0.4, 0.5) is 5.69 Å². The lowest BCUT2D eigenvalue weighted by molar-refractivity contribution is 0.0985. The van der Waals surface area contributed by atoms with Crippen LogP contribution in [-0.2, 0) is 0 Å². The molecule has 1 unspecified atom stereocenters. The average Bonchev–Trinajstić information content (AvgIpc) is 2.78. The third-order valence-electron chi connectivity index (χ3n) is 3.58. The predicted octanol–water partition coefficient (Wildman–Crippen LogP) is 4.12. The van der Waals surface area contributed by atoms with Crippen molar-refractivity contribution < 1.29 is 9.21 Å². The molecule has 0 saturated carbocycles. The van der Waals surface area contributed by atoms with Crippen molar-refractivity contribution in [3.8, 4) is 0 Å². The first-order valence-electron chi connectivity index (χ1n) is 6.78. The van der Waals surface area contributed by atoms with Crippen molar-refractivity contribution in [2.75, 3.05) is 11.4 Å². The van der Waals surface area contributed by atoms with Gasteiger partial charge in [0.1, 0.15) is 5.76 Å². The van der Waals surface area contributed by atoms with Gasteiger partial charge in [-0.2, -0.15) is 0 Å². The lowest BCUT2D eigenvalue weighted by Crippen LogP contribution is -2.32. The number of anilines is 1. The van der Waals surface area contributed by atoms with E-state index in [1.807, 2.05) is 41.8 Å². The van der Waals surface area contributed by atoms with E-state index in [1.54, 1.807) is 12.3 Å². The molecule has 1 aromatic heterocycles. The minimum absolute atomic E-state index is 0.0263. The van der Waals surface area contributed by atoms with E-state index in [2.05, 4.69) is 13.0 Å². The van der Waals surface area contributed by atoms with Gasteiger partial charge in [0.25, 0.3) is 5.91 Å². The van der Waals surface area contributed by atoms with Crippen molar-refractivity contribution >= 4 is 23.4 Å². The molecule has 2 aromatic rings. The Hall–Kier alpha value is -1.68. The topological polar surface area (TPSA) is 33.5 Å². The van der Waals surface area contributed by atoms with Gasteiger partial charge in [0, 0.05) is 16.7 Å². The van der Waals surface area contributed by atoms with Gasteiger partial charge in [-0.15, -0.1) is 11.8 Å². The molecule has 0 bridgehead atoms. The highest BCUT2D eigenvalue weighted by atomic mass is 32.2. The molecule has 3 nitrogen and oxygen atoms in total. The quantitative estimate of drug-likeness (QED) is 0.791. The van der Waals surface area contributed by atoms with Gasteiger partial charge in [0.15, 0.2) is 0 Å². The summed E-state index contributed by atoms with van der Waals surface area (Å²) >= 11 is 1.84. The number of aryl methyl sites for hydroxylation is 1. The molecule has 2 heterocycles. The highest BCUT2D eigenvalue weighted by Gasteiger charge is 2.26. The summed E-state index contributed by atoms with van der Waals surface area (Å²) in [5.74, 6) is 0.704. The van der Waals surface area contributed by atoms with Crippen LogP contribution in [0.25, 0.3) is 0 Å². The van der Waals surface area contributed by atoms with Crippen molar-refractivity contribution in [3.05, 3.63) is 47.9 Å². The molecule has 104 valence electrons. The summed E-state index contributed by atoms with van der Waals surface area (Å²) in [6.07, 6.45) is 2.56. The maximum atomic E-state index is 12.8. The van der Waals surface area contributed by atoms with Crippen molar-refractivity contribution in [1.82, 2.24) is 0 Å². The van der Waals surface area contributed by atoms with E-state index in [-0.39, 0.29) is 5.91 Å². The number of furan rings is 1. The Kier molecular flexibility index (Phi) is 3.57. The number of rotatable bonds is 1. The van der Waals surface area contributed by atoms with E-state index in [0.717, 1.165) is 18.7 Å². The van der Waals surface area contributed by atoms with E-state index in [1.165, 1.54) is 4.90 Å². The van der Waals surface area contributed by atoms with Crippen LogP contribution in [0.5, 0.6) is 0 Å². The number of carbonyl (C=O) groups excluding carboxylic acids is 1. The van der Waals surface area contributed by atoms with Crippen LogP contribution in [0.3, 0.4) is 0 Å². The molecule has 1 aliphatic heterocycles. The molecule has 0 radical (unpaired) electrons. The number of amides is 1. The van der Waals surface area contributed by atoms with Crippen LogP contribution < -0.4 is 4.90 Å². The smallest absolute Gasteiger partial charge is 0.261 e. The molecule has 0 N–H and O–H groups in total. The standard InChI is InChI=1S/C16H17NO2S/c1-11-7-9-17(14-5-3-4-6-15(14)20-11)16(18)13-8-10-19-12(13)2/h3-6,8,10-11H,7,9H2,1-2H3. The van der Waals surface area contributed by atoms with E-state index < -0.39 is 0 Å². The van der Waals surface area contributed by atoms with Crippen molar-refractivity contribution in [3.63, 3.8) is 0 Å². The first kappa shape index (κ1) is 13.3. The van der Waals surface area contributed by atoms with E-state index in [9.17, 15) is 4.79 Å². The number of para-hydroxylation sites is 1. The fraction of sp³-hybridized carbons (Fsp3) is 0.312. The fourth-order valence-corrected chi connectivity index (χ4v) is 3.56. The van der Waals surface area contributed by atoms with Crippen molar-refractivity contribution in [2.24, 2.45) is 0 Å². The minimum atomic E-state index is 0.0263. The number of thioether (sulfide) groups is 1. The Labute approximate surface area is 123 Å². The summed E-state index contributed by atoms with van der Waals surface area (Å²) in [5.41, 5.74) is 1.66. The predicted molar refractivity (Wildman–Crippen MR) is 81.5 cm³/mol. The molecule has 0 spiro atoms. The van der Waals surface area contributed by atoms with E-state index in [4.69, 9.17) is 4.42 Å². The Morgan fingerprint density at radius 1 is 1.35 bits per heavy atom. The summed E-state index contributed by atoms with van der Waals surface area (Å²) in [4.78, 5) is 15.8. The maximum Gasteiger partial charge on any atom is 0.261 e. The molecular weight excluding hydrogens is 270 g/mol. The highest BCUT2D eigenvalue weighted by molar-refractivity contribution is 8.00. The second-order valence-corrected chi connectivity index (χ2v) is 6.51. The lowest BCUT2D eigenvalue weighted by Gasteiger charge is -2.22.